The van der Waals surface area contributed by atoms with Gasteiger partial charge in [-0.15, -0.1) is 0 Å². The first kappa shape index (κ1) is 21.7. The van der Waals surface area contributed by atoms with E-state index < -0.39 is 18.2 Å². The largest absolute Gasteiger partial charge is 0.465 e. The average molecular weight is 408 g/mol. The number of halogens is 1. The number of benzene rings is 2. The third kappa shape index (κ3) is 5.95. The van der Waals surface area contributed by atoms with Gasteiger partial charge < -0.3 is 24.6 Å². The van der Waals surface area contributed by atoms with Crippen LogP contribution in [0, 0.1) is 0 Å². The predicted molar refractivity (Wildman–Crippen MR) is 103 cm³/mol. The fraction of sp³-hybridized carbons (Fsp3) is 0.300. The minimum absolute atomic E-state index is 0.184. The van der Waals surface area contributed by atoms with Crippen LogP contribution < -0.4 is 5.32 Å². The number of methoxy groups -OCH3 is 2. The van der Waals surface area contributed by atoms with Crippen LogP contribution >= 0.6 is 11.6 Å². The number of carbonyl (C=O) groups excluding carboxylic acids is 2. The Bertz CT molecular complexity index is 826. The number of aliphatic hydroxyl groups is 1. The Morgan fingerprint density at radius 3 is 2.54 bits per heavy atom. The Hall–Kier alpha value is -2.61. The van der Waals surface area contributed by atoms with Gasteiger partial charge in [-0.05, 0) is 41.0 Å². The topological polar surface area (TPSA) is 94.1 Å². The molecule has 0 radical (unpaired) electrons. The highest BCUT2D eigenvalue weighted by Gasteiger charge is 2.19. The molecule has 0 saturated carbocycles. The molecule has 2 N–H and O–H groups in total. The van der Waals surface area contributed by atoms with Gasteiger partial charge in [0.1, 0.15) is 6.10 Å². The zero-order valence-corrected chi connectivity index (χ0v) is 16.4. The molecular formula is C20H22ClNO6. The van der Waals surface area contributed by atoms with E-state index in [9.17, 15) is 14.7 Å². The average Bonchev–Trinajstić information content (AvgIpc) is 2.72. The number of carbonyl (C=O) groups is 2. The maximum atomic E-state index is 12.0. The molecule has 8 heteroatoms. The molecule has 0 aliphatic rings. The minimum Gasteiger partial charge on any atom is -0.465 e. The molecule has 0 aliphatic carbocycles. The van der Waals surface area contributed by atoms with Gasteiger partial charge in [-0.2, -0.15) is 0 Å². The van der Waals surface area contributed by atoms with E-state index >= 15 is 0 Å². The van der Waals surface area contributed by atoms with E-state index in [-0.39, 0.29) is 19.8 Å². The summed E-state index contributed by atoms with van der Waals surface area (Å²) >= 11 is 6.12. The van der Waals surface area contributed by atoms with E-state index in [1.54, 1.807) is 36.4 Å². The molecule has 0 fully saturated rings. The Kier molecular flexibility index (Phi) is 8.25. The lowest BCUT2D eigenvalue weighted by Crippen LogP contribution is -2.27. The number of nitrogens with one attached hydrogen (secondary N) is 1. The Morgan fingerprint density at radius 2 is 1.89 bits per heavy atom. The van der Waals surface area contributed by atoms with Gasteiger partial charge in [-0.1, -0.05) is 29.8 Å². The van der Waals surface area contributed by atoms with Gasteiger partial charge in [0.2, 0.25) is 0 Å². The van der Waals surface area contributed by atoms with Gasteiger partial charge >= 0.3 is 12.1 Å². The lowest BCUT2D eigenvalue weighted by atomic mass is 9.97. The van der Waals surface area contributed by atoms with E-state index in [0.717, 1.165) is 5.56 Å². The second-order valence-electron chi connectivity index (χ2n) is 5.84. The van der Waals surface area contributed by atoms with Gasteiger partial charge in [-0.3, -0.25) is 0 Å². The van der Waals surface area contributed by atoms with Crippen LogP contribution in [0.4, 0.5) is 4.79 Å². The molecule has 1 amide bonds. The summed E-state index contributed by atoms with van der Waals surface area (Å²) in [5, 5.41) is 12.6. The van der Waals surface area contributed by atoms with E-state index in [4.69, 9.17) is 21.1 Å². The van der Waals surface area contributed by atoms with E-state index in [1.165, 1.54) is 14.2 Å². The fourth-order valence-electron chi connectivity index (χ4n) is 2.65. The second-order valence-corrected chi connectivity index (χ2v) is 6.27. The first-order valence-corrected chi connectivity index (χ1v) is 8.88. The van der Waals surface area contributed by atoms with Gasteiger partial charge in [-0.25, -0.2) is 9.59 Å². The molecule has 0 bridgehead atoms. The zero-order valence-electron chi connectivity index (χ0n) is 15.6. The van der Waals surface area contributed by atoms with Crippen molar-refractivity contribution >= 4 is 23.7 Å². The highest BCUT2D eigenvalue weighted by Crippen LogP contribution is 2.29. The third-order valence-electron chi connectivity index (χ3n) is 3.91. The summed E-state index contributed by atoms with van der Waals surface area (Å²) in [6.07, 6.45) is -1.13. The van der Waals surface area contributed by atoms with Crippen LogP contribution in [0.3, 0.4) is 0 Å². The van der Waals surface area contributed by atoms with Crippen molar-refractivity contribution in [2.24, 2.45) is 0 Å². The summed E-state index contributed by atoms with van der Waals surface area (Å²) < 4.78 is 15.3. The molecular weight excluding hydrogens is 386 g/mol. The Morgan fingerprint density at radius 1 is 1.11 bits per heavy atom. The van der Waals surface area contributed by atoms with Gasteiger partial charge in [0.15, 0.2) is 0 Å². The van der Waals surface area contributed by atoms with Crippen LogP contribution in [0.1, 0.15) is 33.2 Å². The maximum Gasteiger partial charge on any atom is 0.406 e. The summed E-state index contributed by atoms with van der Waals surface area (Å²) in [7, 11) is 2.57. The van der Waals surface area contributed by atoms with Crippen molar-refractivity contribution in [2.75, 3.05) is 27.4 Å². The molecule has 0 aliphatic heterocycles. The van der Waals surface area contributed by atoms with Crippen LogP contribution in [0.5, 0.6) is 0 Å². The summed E-state index contributed by atoms with van der Waals surface area (Å²) in [5.74, 6) is -0.520. The summed E-state index contributed by atoms with van der Waals surface area (Å²) in [5.41, 5.74) is 2.25. The van der Waals surface area contributed by atoms with E-state index in [1.807, 2.05) is 6.07 Å². The number of aliphatic hydroxyl groups excluding tert-OH is 1. The van der Waals surface area contributed by atoms with Gasteiger partial charge in [0, 0.05) is 11.6 Å². The summed E-state index contributed by atoms with van der Waals surface area (Å²) in [4.78, 5) is 23.2. The van der Waals surface area contributed by atoms with Crippen molar-refractivity contribution in [1.82, 2.24) is 5.32 Å². The lowest BCUT2D eigenvalue weighted by molar-refractivity contribution is 0.0598. The van der Waals surface area contributed by atoms with Crippen LogP contribution in [0.2, 0.25) is 5.02 Å². The number of hydrogen-bond donors (Lipinski definition) is 2. The number of alkyl carbamates (subject to hydrolysis) is 1. The highest BCUT2D eigenvalue weighted by molar-refractivity contribution is 6.30. The maximum absolute atomic E-state index is 12.0. The molecule has 150 valence electrons. The minimum atomic E-state index is -0.576. The highest BCUT2D eigenvalue weighted by atomic mass is 35.5. The van der Waals surface area contributed by atoms with Gasteiger partial charge in [0.05, 0.1) is 33.0 Å². The monoisotopic (exact) mass is 407 g/mol. The SMILES string of the molecule is COC(=O)NCCOC(c1cccc(Cl)c1)c1cc(CO)cc(C(=O)OC)c1. The third-order valence-corrected chi connectivity index (χ3v) is 4.15. The molecule has 2 aromatic carbocycles. The van der Waals surface area contributed by atoms with Crippen molar-refractivity contribution < 1.29 is 28.9 Å². The smallest absolute Gasteiger partial charge is 0.406 e. The molecule has 0 saturated heterocycles. The summed E-state index contributed by atoms with van der Waals surface area (Å²) in [6, 6.07) is 12.1. The fourth-order valence-corrected chi connectivity index (χ4v) is 2.85. The first-order valence-electron chi connectivity index (χ1n) is 8.50. The molecule has 2 aromatic rings. The number of esters is 1. The number of amides is 1. The molecule has 0 heterocycles. The number of ether oxygens (including phenoxy) is 3. The van der Waals surface area contributed by atoms with Crippen molar-refractivity contribution in [3.63, 3.8) is 0 Å². The molecule has 7 nitrogen and oxygen atoms in total. The number of hydrogen-bond acceptors (Lipinski definition) is 6. The van der Waals surface area contributed by atoms with Crippen LogP contribution in [0.25, 0.3) is 0 Å². The normalized spacial score (nSPS) is 11.6. The van der Waals surface area contributed by atoms with Crippen molar-refractivity contribution in [2.45, 2.75) is 12.7 Å². The lowest BCUT2D eigenvalue weighted by Gasteiger charge is -2.21. The van der Waals surface area contributed by atoms with Crippen molar-refractivity contribution in [3.05, 3.63) is 69.7 Å². The van der Waals surface area contributed by atoms with E-state index in [0.29, 0.717) is 21.7 Å². The van der Waals surface area contributed by atoms with Crippen LogP contribution in [-0.2, 0) is 20.8 Å². The van der Waals surface area contributed by atoms with Crippen LogP contribution in [0.15, 0.2) is 42.5 Å². The van der Waals surface area contributed by atoms with E-state index in [2.05, 4.69) is 10.1 Å². The standard InChI is InChI=1S/C20H22ClNO6/c1-26-19(24)16-9-13(12-23)8-15(10-16)18(14-4-3-5-17(21)11-14)28-7-6-22-20(25)27-2/h3-5,8-11,18,23H,6-7,12H2,1-2H3,(H,22,25). The molecule has 2 rings (SSSR count). The van der Waals surface area contributed by atoms with Crippen molar-refractivity contribution in [1.29, 1.82) is 0 Å². The molecule has 1 atom stereocenters. The van der Waals surface area contributed by atoms with Crippen molar-refractivity contribution in [3.8, 4) is 0 Å². The van der Waals surface area contributed by atoms with Crippen LogP contribution in [-0.4, -0.2) is 44.5 Å². The molecule has 1 unspecified atom stereocenters. The Labute approximate surface area is 168 Å². The first-order chi connectivity index (χ1) is 13.5. The quantitative estimate of drug-likeness (QED) is 0.516. The molecule has 0 spiro atoms. The van der Waals surface area contributed by atoms with Gasteiger partial charge in [0.25, 0.3) is 0 Å². The second kappa shape index (κ2) is 10.7. The predicted octanol–water partition coefficient (Wildman–Crippen LogP) is 3.08. The zero-order chi connectivity index (χ0) is 20.5. The summed E-state index contributed by atoms with van der Waals surface area (Å²) in [6.45, 7) is 0.167. The molecule has 0 aromatic heterocycles. The Balaban J connectivity index is 2.35. The molecule has 28 heavy (non-hydrogen) atoms. The number of rotatable bonds is 8.